The number of carbonyl (C=O) groups excluding carboxylic acids is 1. The Balaban J connectivity index is 2.07. The monoisotopic (exact) mass is 409 g/mol. The van der Waals surface area contributed by atoms with Crippen LogP contribution in [0.25, 0.3) is 0 Å². The molecule has 104 valence electrons. The second kappa shape index (κ2) is 6.37. The molecule has 1 amide bonds. The summed E-state index contributed by atoms with van der Waals surface area (Å²) >= 11 is 8.21. The molecule has 1 atom stereocenters. The van der Waals surface area contributed by atoms with Gasteiger partial charge in [0.2, 0.25) is 0 Å². The molecule has 1 aliphatic heterocycles. The first kappa shape index (κ1) is 15.0. The number of aliphatic carboxylic acids is 1. The highest BCUT2D eigenvalue weighted by atomic mass is 79.9. The van der Waals surface area contributed by atoms with Crippen molar-refractivity contribution in [2.24, 2.45) is 5.92 Å². The number of amides is 1. The van der Waals surface area contributed by atoms with E-state index in [4.69, 9.17) is 5.11 Å². The van der Waals surface area contributed by atoms with Gasteiger partial charge in [0, 0.05) is 19.5 Å². The van der Waals surface area contributed by atoms with Crippen LogP contribution in [-0.4, -0.2) is 35.0 Å². The number of nitrogens with zero attached hydrogens (tertiary/aromatic N) is 1. The summed E-state index contributed by atoms with van der Waals surface area (Å²) in [6, 6.07) is 1.80. The number of hydrogen-bond donors (Lipinski definition) is 1. The highest BCUT2D eigenvalue weighted by molar-refractivity contribution is 9.12. The van der Waals surface area contributed by atoms with Gasteiger partial charge in [-0.2, -0.15) is 0 Å². The Bertz CT molecular complexity index is 503. The van der Waals surface area contributed by atoms with E-state index in [1.54, 1.807) is 11.0 Å². The van der Waals surface area contributed by atoms with Crippen LogP contribution in [-0.2, 0) is 4.79 Å². The number of thiophene rings is 1. The summed E-state index contributed by atoms with van der Waals surface area (Å²) < 4.78 is 1.71. The molecule has 1 aliphatic rings. The van der Waals surface area contributed by atoms with Gasteiger partial charge in [-0.3, -0.25) is 9.59 Å². The van der Waals surface area contributed by atoms with Gasteiger partial charge in [0.15, 0.2) is 0 Å². The minimum atomic E-state index is -0.793. The molecule has 0 radical (unpaired) electrons. The Morgan fingerprint density at radius 1 is 1.47 bits per heavy atom. The number of piperidine rings is 1. The second-order valence-electron chi connectivity index (χ2n) is 4.60. The maximum atomic E-state index is 12.4. The number of likely N-dealkylation sites (tertiary alicyclic amines) is 1. The number of carbonyl (C=O) groups is 2. The highest BCUT2D eigenvalue weighted by Gasteiger charge is 2.27. The number of halogens is 2. The molecule has 1 saturated heterocycles. The van der Waals surface area contributed by atoms with Crippen LogP contribution in [0, 0.1) is 5.92 Å². The van der Waals surface area contributed by atoms with Crippen LogP contribution in [0.4, 0.5) is 0 Å². The third kappa shape index (κ3) is 3.79. The van der Waals surface area contributed by atoms with Crippen molar-refractivity contribution in [2.45, 2.75) is 19.3 Å². The molecule has 0 aromatic carbocycles. The molecule has 1 N–H and O–H groups in total. The normalized spacial score (nSPS) is 19.5. The van der Waals surface area contributed by atoms with Gasteiger partial charge >= 0.3 is 5.97 Å². The molecule has 2 rings (SSSR count). The smallest absolute Gasteiger partial charge is 0.303 e. The average molecular weight is 411 g/mol. The quantitative estimate of drug-likeness (QED) is 0.828. The lowest BCUT2D eigenvalue weighted by Gasteiger charge is -2.32. The second-order valence-corrected chi connectivity index (χ2v) is 8.34. The lowest BCUT2D eigenvalue weighted by molar-refractivity contribution is -0.138. The van der Waals surface area contributed by atoms with E-state index >= 15 is 0 Å². The topological polar surface area (TPSA) is 57.6 Å². The summed E-state index contributed by atoms with van der Waals surface area (Å²) in [5, 5.41) is 8.84. The largest absolute Gasteiger partial charge is 0.481 e. The number of carboxylic acid groups (broad SMARTS) is 1. The lowest BCUT2D eigenvalue weighted by atomic mass is 9.94. The van der Waals surface area contributed by atoms with E-state index in [1.165, 1.54) is 11.3 Å². The summed E-state index contributed by atoms with van der Waals surface area (Å²) in [7, 11) is 0. The third-order valence-electron chi connectivity index (χ3n) is 3.16. The van der Waals surface area contributed by atoms with Crippen molar-refractivity contribution in [1.82, 2.24) is 4.90 Å². The van der Waals surface area contributed by atoms with Crippen LogP contribution in [0.2, 0.25) is 0 Å². The van der Waals surface area contributed by atoms with Gasteiger partial charge in [-0.15, -0.1) is 11.3 Å². The molecule has 0 spiro atoms. The van der Waals surface area contributed by atoms with Gasteiger partial charge in [-0.1, -0.05) is 0 Å². The van der Waals surface area contributed by atoms with E-state index in [1.807, 2.05) is 0 Å². The molecule has 1 aromatic rings. The van der Waals surface area contributed by atoms with E-state index in [0.717, 1.165) is 20.4 Å². The van der Waals surface area contributed by atoms with Crippen LogP contribution in [0.15, 0.2) is 13.6 Å². The van der Waals surface area contributed by atoms with E-state index in [9.17, 15) is 9.59 Å². The van der Waals surface area contributed by atoms with Crippen LogP contribution >= 0.6 is 43.2 Å². The molecular formula is C12H13Br2NO3S. The molecule has 0 aliphatic carbocycles. The van der Waals surface area contributed by atoms with Crippen LogP contribution < -0.4 is 0 Å². The maximum Gasteiger partial charge on any atom is 0.303 e. The summed E-state index contributed by atoms with van der Waals surface area (Å²) in [4.78, 5) is 24.9. The Labute approximate surface area is 132 Å². The van der Waals surface area contributed by atoms with Gasteiger partial charge in [0.1, 0.15) is 0 Å². The van der Waals surface area contributed by atoms with Gasteiger partial charge in [-0.25, -0.2) is 0 Å². The first-order valence-corrected chi connectivity index (χ1v) is 8.33. The maximum absolute atomic E-state index is 12.4. The van der Waals surface area contributed by atoms with Crippen molar-refractivity contribution in [2.75, 3.05) is 13.1 Å². The molecule has 2 heterocycles. The van der Waals surface area contributed by atoms with Crippen LogP contribution in [0.1, 0.15) is 29.6 Å². The molecule has 7 heteroatoms. The van der Waals surface area contributed by atoms with E-state index < -0.39 is 5.97 Å². The van der Waals surface area contributed by atoms with E-state index in [0.29, 0.717) is 18.7 Å². The van der Waals surface area contributed by atoms with Crippen molar-refractivity contribution in [3.05, 3.63) is 19.2 Å². The number of hydrogen-bond acceptors (Lipinski definition) is 3. The molecule has 1 aromatic heterocycles. The summed E-state index contributed by atoms with van der Waals surface area (Å²) in [6.45, 7) is 1.24. The molecule has 4 nitrogen and oxygen atoms in total. The van der Waals surface area contributed by atoms with E-state index in [-0.39, 0.29) is 18.2 Å². The molecule has 0 saturated carbocycles. The fourth-order valence-electron chi connectivity index (χ4n) is 2.32. The van der Waals surface area contributed by atoms with Crippen molar-refractivity contribution in [3.63, 3.8) is 0 Å². The van der Waals surface area contributed by atoms with Gasteiger partial charge in [0.05, 0.1) is 13.1 Å². The molecular weight excluding hydrogens is 398 g/mol. The Kier molecular flexibility index (Phi) is 5.03. The SMILES string of the molecule is O=C(O)CC1CCCN(C(=O)c2cc(Br)sc2Br)C1. The highest BCUT2D eigenvalue weighted by Crippen LogP contribution is 2.33. The predicted molar refractivity (Wildman–Crippen MR) is 80.6 cm³/mol. The number of rotatable bonds is 3. The van der Waals surface area contributed by atoms with Crippen molar-refractivity contribution in [3.8, 4) is 0 Å². The first-order chi connectivity index (χ1) is 8.97. The van der Waals surface area contributed by atoms with Gasteiger partial charge < -0.3 is 10.0 Å². The lowest BCUT2D eigenvalue weighted by Crippen LogP contribution is -2.40. The Morgan fingerprint density at radius 3 is 2.79 bits per heavy atom. The summed E-state index contributed by atoms with van der Waals surface area (Å²) in [6.07, 6.45) is 1.88. The minimum Gasteiger partial charge on any atom is -0.481 e. The third-order valence-corrected chi connectivity index (χ3v) is 5.50. The van der Waals surface area contributed by atoms with Gasteiger partial charge in [0.25, 0.3) is 5.91 Å². The zero-order chi connectivity index (χ0) is 14.0. The predicted octanol–water partition coefficient (Wildman–Crippen LogP) is 3.60. The first-order valence-electron chi connectivity index (χ1n) is 5.93. The van der Waals surface area contributed by atoms with Gasteiger partial charge in [-0.05, 0) is 56.7 Å². The van der Waals surface area contributed by atoms with Crippen LogP contribution in [0.3, 0.4) is 0 Å². The average Bonchev–Trinajstić information content (AvgIpc) is 2.67. The molecule has 1 unspecified atom stereocenters. The molecule has 0 bridgehead atoms. The van der Waals surface area contributed by atoms with Crippen molar-refractivity contribution in [1.29, 1.82) is 0 Å². The standard InChI is InChI=1S/C12H13Br2NO3S/c13-9-5-8(11(14)19-9)12(18)15-3-1-2-7(6-15)4-10(16)17/h5,7H,1-4,6H2,(H,16,17). The van der Waals surface area contributed by atoms with Crippen LogP contribution in [0.5, 0.6) is 0 Å². The number of carboxylic acids is 1. The zero-order valence-electron chi connectivity index (χ0n) is 10.1. The van der Waals surface area contributed by atoms with E-state index in [2.05, 4.69) is 31.9 Å². The fraction of sp³-hybridized carbons (Fsp3) is 0.500. The summed E-state index contributed by atoms with van der Waals surface area (Å²) in [5.41, 5.74) is 0.646. The minimum absolute atomic E-state index is 0.0242. The molecule has 19 heavy (non-hydrogen) atoms. The van der Waals surface area contributed by atoms with Crippen molar-refractivity contribution < 1.29 is 14.7 Å². The zero-order valence-corrected chi connectivity index (χ0v) is 14.1. The fourth-order valence-corrected chi connectivity index (χ4v) is 5.10. The van der Waals surface area contributed by atoms with Crippen molar-refractivity contribution >= 4 is 55.1 Å². The Morgan fingerprint density at radius 2 is 2.21 bits per heavy atom. The Hall–Kier alpha value is -0.400. The summed E-state index contributed by atoms with van der Waals surface area (Å²) in [5.74, 6) is -0.751. The molecule has 1 fully saturated rings.